The summed E-state index contributed by atoms with van der Waals surface area (Å²) in [7, 11) is 3.18. The number of halogens is 4. The Morgan fingerprint density at radius 2 is 1.16 bits per heavy atom. The molecule has 0 aromatic heterocycles. The molecule has 0 aliphatic rings. The van der Waals surface area contributed by atoms with Crippen molar-refractivity contribution in [3.63, 3.8) is 0 Å². The van der Waals surface area contributed by atoms with Crippen LogP contribution in [0, 0.1) is 0 Å². The first-order chi connectivity index (χ1) is 17.9. The second-order valence-electron chi connectivity index (χ2n) is 7.95. The number of benzene rings is 4. The molecule has 0 spiro atoms. The Bertz CT molecular complexity index is 1380. The molecule has 189 valence electrons. The smallest absolute Gasteiger partial charge is 0.235 e. The minimum atomic E-state index is -1.28. The Labute approximate surface area is 235 Å². The summed E-state index contributed by atoms with van der Waals surface area (Å²) in [6.45, 7) is -0.176. The van der Waals surface area contributed by atoms with E-state index in [1.807, 2.05) is 85.1 Å². The number of carbonyl (C=O) groups excluding carboxylic acids is 1. The zero-order valence-corrected chi connectivity index (χ0v) is 22.9. The highest BCUT2D eigenvalue weighted by atomic mass is 35.5. The third-order valence-electron chi connectivity index (χ3n) is 6.05. The Hall–Kier alpha value is -2.73. The molecule has 1 radical (unpaired) electrons. The van der Waals surface area contributed by atoms with Gasteiger partial charge in [-0.25, -0.2) is 0 Å². The van der Waals surface area contributed by atoms with Crippen LogP contribution < -0.4 is 9.47 Å². The molecule has 0 unspecified atom stereocenters. The van der Waals surface area contributed by atoms with E-state index in [1.165, 1.54) is 0 Å². The summed E-state index contributed by atoms with van der Waals surface area (Å²) in [5.74, 6) is 1.16. The first kappa shape index (κ1) is 27.3. The van der Waals surface area contributed by atoms with E-state index in [4.69, 9.17) is 60.6 Å². The number of hydrogen-bond donors (Lipinski definition) is 0. The van der Waals surface area contributed by atoms with E-state index in [-0.39, 0.29) is 37.8 Å². The molecule has 0 N–H and O–H groups in total. The lowest BCUT2D eigenvalue weighted by atomic mass is 9.79. The van der Waals surface area contributed by atoms with Gasteiger partial charge in [-0.05, 0) is 17.7 Å². The van der Waals surface area contributed by atoms with Crippen molar-refractivity contribution in [2.45, 2.75) is 12.2 Å². The van der Waals surface area contributed by atoms with Gasteiger partial charge in [-0.3, -0.25) is 4.79 Å². The molecular formula is C29H21Cl4O4. The van der Waals surface area contributed by atoms with Crippen molar-refractivity contribution in [2.75, 3.05) is 14.2 Å². The van der Waals surface area contributed by atoms with Gasteiger partial charge in [0.05, 0.1) is 46.5 Å². The van der Waals surface area contributed by atoms with Crippen LogP contribution in [0.1, 0.15) is 27.8 Å². The van der Waals surface area contributed by atoms with Crippen molar-refractivity contribution in [3.8, 4) is 11.5 Å². The Balaban J connectivity index is 2.05. The first-order valence-electron chi connectivity index (χ1n) is 11.1. The lowest BCUT2D eigenvalue weighted by Gasteiger charge is -2.37. The molecule has 0 heterocycles. The maximum Gasteiger partial charge on any atom is 0.235 e. The predicted molar refractivity (Wildman–Crippen MR) is 148 cm³/mol. The Morgan fingerprint density at radius 1 is 0.676 bits per heavy atom. The van der Waals surface area contributed by atoms with E-state index in [1.54, 1.807) is 14.2 Å². The summed E-state index contributed by atoms with van der Waals surface area (Å²) >= 11 is 25.4. The van der Waals surface area contributed by atoms with Gasteiger partial charge in [0.1, 0.15) is 11.5 Å². The lowest BCUT2D eigenvalue weighted by Crippen LogP contribution is -2.34. The van der Waals surface area contributed by atoms with Crippen molar-refractivity contribution in [1.29, 1.82) is 0 Å². The second kappa shape index (κ2) is 11.8. The number of methoxy groups -OCH3 is 2. The van der Waals surface area contributed by atoms with Crippen molar-refractivity contribution in [1.82, 2.24) is 0 Å². The van der Waals surface area contributed by atoms with Gasteiger partial charge in [-0.1, -0.05) is 113 Å². The summed E-state index contributed by atoms with van der Waals surface area (Å²) < 4.78 is 18.4. The predicted octanol–water partition coefficient (Wildman–Crippen LogP) is 8.28. The molecule has 4 aromatic rings. The SMILES string of the molecule is COc1ccccc1C(OCc1c(Cl)c(Cl)c(Cl)c(Cl)c1[C]=O)(c1ccccc1)c1ccccc1OC. The molecular weight excluding hydrogens is 554 g/mol. The molecule has 0 amide bonds. The number of hydrogen-bond acceptors (Lipinski definition) is 4. The number of para-hydroxylation sites is 2. The van der Waals surface area contributed by atoms with Gasteiger partial charge in [0, 0.05) is 16.7 Å². The highest BCUT2D eigenvalue weighted by Crippen LogP contribution is 2.49. The van der Waals surface area contributed by atoms with E-state index in [0.717, 1.165) is 5.56 Å². The van der Waals surface area contributed by atoms with Gasteiger partial charge in [-0.2, -0.15) is 0 Å². The molecule has 0 saturated carbocycles. The fourth-order valence-corrected chi connectivity index (χ4v) is 5.32. The van der Waals surface area contributed by atoms with Crippen molar-refractivity contribution >= 4 is 52.7 Å². The third-order valence-corrected chi connectivity index (χ3v) is 7.89. The van der Waals surface area contributed by atoms with Crippen LogP contribution in [0.2, 0.25) is 20.1 Å². The summed E-state index contributed by atoms with van der Waals surface area (Å²) in [5.41, 5.74) is 1.13. The molecule has 37 heavy (non-hydrogen) atoms. The van der Waals surface area contributed by atoms with Crippen molar-refractivity contribution in [3.05, 3.63) is 127 Å². The van der Waals surface area contributed by atoms with E-state index in [2.05, 4.69) is 0 Å². The highest BCUT2D eigenvalue weighted by molar-refractivity contribution is 6.52. The van der Waals surface area contributed by atoms with Crippen LogP contribution in [0.3, 0.4) is 0 Å². The monoisotopic (exact) mass is 573 g/mol. The molecule has 0 atom stereocenters. The van der Waals surface area contributed by atoms with E-state index >= 15 is 0 Å². The van der Waals surface area contributed by atoms with E-state index < -0.39 is 5.60 Å². The maximum absolute atomic E-state index is 11.9. The summed E-state index contributed by atoms with van der Waals surface area (Å²) in [6, 6.07) is 24.6. The number of ether oxygens (including phenoxy) is 3. The molecule has 4 rings (SSSR count). The highest BCUT2D eigenvalue weighted by Gasteiger charge is 2.42. The summed E-state index contributed by atoms with van der Waals surface area (Å²) in [6.07, 6.45) is 1.83. The third kappa shape index (κ3) is 4.93. The van der Waals surface area contributed by atoms with Crippen LogP contribution >= 0.6 is 46.4 Å². The topological polar surface area (TPSA) is 44.8 Å². The van der Waals surface area contributed by atoms with Crippen LogP contribution in [0.5, 0.6) is 11.5 Å². The van der Waals surface area contributed by atoms with Crippen LogP contribution in [-0.2, 0) is 21.7 Å². The minimum Gasteiger partial charge on any atom is -0.496 e. The standard InChI is InChI=1S/C29H21Cl4O4/c1-35-23-14-8-6-12-21(23)29(18-10-4-3-5-11-18,22-13-7-9-15-24(22)36-2)37-17-20-19(16-34)25(30)27(32)28(33)26(20)31/h3-15H,17H2,1-2H3. The van der Waals surface area contributed by atoms with Gasteiger partial charge in [0.25, 0.3) is 0 Å². The zero-order valence-electron chi connectivity index (χ0n) is 19.9. The fraction of sp³-hybridized carbons (Fsp3) is 0.138. The van der Waals surface area contributed by atoms with Gasteiger partial charge in [0.2, 0.25) is 6.29 Å². The Morgan fingerprint density at radius 3 is 1.68 bits per heavy atom. The number of rotatable bonds is 9. The molecule has 4 aromatic carbocycles. The minimum absolute atomic E-state index is 0.0193. The van der Waals surface area contributed by atoms with Crippen LogP contribution in [-0.4, -0.2) is 20.5 Å². The molecule has 0 saturated heterocycles. The van der Waals surface area contributed by atoms with Crippen LogP contribution in [0.25, 0.3) is 0 Å². The lowest BCUT2D eigenvalue weighted by molar-refractivity contribution is -0.00270. The average Bonchev–Trinajstić information content (AvgIpc) is 2.95. The van der Waals surface area contributed by atoms with Gasteiger partial charge in [0.15, 0.2) is 5.60 Å². The molecule has 8 heteroatoms. The zero-order chi connectivity index (χ0) is 26.6. The largest absolute Gasteiger partial charge is 0.496 e. The maximum atomic E-state index is 11.9. The molecule has 0 bridgehead atoms. The average molecular weight is 575 g/mol. The second-order valence-corrected chi connectivity index (χ2v) is 9.46. The van der Waals surface area contributed by atoms with Gasteiger partial charge >= 0.3 is 0 Å². The quantitative estimate of drug-likeness (QED) is 0.115. The van der Waals surface area contributed by atoms with Crippen LogP contribution in [0.4, 0.5) is 0 Å². The summed E-state index contributed by atoms with van der Waals surface area (Å²) in [5, 5.41) is -0.00830. The molecule has 0 aliphatic heterocycles. The van der Waals surface area contributed by atoms with Crippen LogP contribution in [0.15, 0.2) is 78.9 Å². The van der Waals surface area contributed by atoms with E-state index in [9.17, 15) is 4.79 Å². The van der Waals surface area contributed by atoms with Gasteiger partial charge in [-0.15, -0.1) is 0 Å². The Kier molecular flexibility index (Phi) is 8.68. The van der Waals surface area contributed by atoms with E-state index in [0.29, 0.717) is 22.6 Å². The van der Waals surface area contributed by atoms with Crippen molar-refractivity contribution < 1.29 is 19.0 Å². The first-order valence-corrected chi connectivity index (χ1v) is 12.6. The molecule has 0 aliphatic carbocycles. The summed E-state index contributed by atoms with van der Waals surface area (Å²) in [4.78, 5) is 11.9. The molecule has 4 nitrogen and oxygen atoms in total. The van der Waals surface area contributed by atoms with Crippen molar-refractivity contribution in [2.24, 2.45) is 0 Å². The normalized spacial score (nSPS) is 11.3. The van der Waals surface area contributed by atoms with Gasteiger partial charge < -0.3 is 14.2 Å². The fourth-order valence-electron chi connectivity index (χ4n) is 4.34. The molecule has 0 fully saturated rings.